The fraction of sp³-hybridized carbons (Fsp3) is 0.500. The van der Waals surface area contributed by atoms with Gasteiger partial charge in [0.25, 0.3) is 5.69 Å². The number of aliphatic hydroxyl groups is 1. The van der Waals surface area contributed by atoms with Crippen LogP contribution in [0.25, 0.3) is 0 Å². The number of amides is 1. The molecule has 21 heavy (non-hydrogen) atoms. The minimum absolute atomic E-state index is 0.00956. The largest absolute Gasteiger partial charge is 0.389 e. The van der Waals surface area contributed by atoms with Gasteiger partial charge in [0.15, 0.2) is 0 Å². The molecule has 0 aromatic heterocycles. The van der Waals surface area contributed by atoms with E-state index in [1.54, 1.807) is 24.0 Å². The van der Waals surface area contributed by atoms with Gasteiger partial charge < -0.3 is 14.9 Å². The summed E-state index contributed by atoms with van der Waals surface area (Å²) in [5.41, 5.74) is 1.05. The van der Waals surface area contributed by atoms with Gasteiger partial charge in [0.2, 0.25) is 5.91 Å². The molecule has 0 spiro atoms. The SMILES string of the molecule is CC(=O)N1CCN(c2ccc([C@@H](C)O)cc2[N+](=O)[O-])CC1. The molecule has 0 saturated carbocycles. The van der Waals surface area contributed by atoms with Gasteiger partial charge in [-0.15, -0.1) is 0 Å². The van der Waals surface area contributed by atoms with E-state index in [1.165, 1.54) is 13.0 Å². The lowest BCUT2D eigenvalue weighted by Crippen LogP contribution is -2.48. The number of carbonyl (C=O) groups excluding carboxylic acids is 1. The molecule has 0 aliphatic carbocycles. The third kappa shape index (κ3) is 3.30. The third-order valence-electron chi connectivity index (χ3n) is 3.74. The number of nitrogens with zero attached hydrogens (tertiary/aromatic N) is 3. The average Bonchev–Trinajstić information content (AvgIpc) is 2.46. The van der Waals surface area contributed by atoms with Crippen LogP contribution in [0.3, 0.4) is 0 Å². The fourth-order valence-corrected chi connectivity index (χ4v) is 2.48. The maximum absolute atomic E-state index is 11.3. The molecule has 0 radical (unpaired) electrons. The topological polar surface area (TPSA) is 86.9 Å². The van der Waals surface area contributed by atoms with Crippen molar-refractivity contribution in [1.82, 2.24) is 4.90 Å². The summed E-state index contributed by atoms with van der Waals surface area (Å²) >= 11 is 0. The number of nitro benzene ring substituents is 1. The molecule has 1 fully saturated rings. The molecule has 1 aliphatic rings. The number of piperazine rings is 1. The third-order valence-corrected chi connectivity index (χ3v) is 3.74. The number of anilines is 1. The van der Waals surface area contributed by atoms with Gasteiger partial charge in [0.05, 0.1) is 11.0 Å². The van der Waals surface area contributed by atoms with Gasteiger partial charge >= 0.3 is 0 Å². The highest BCUT2D eigenvalue weighted by molar-refractivity contribution is 5.74. The highest BCUT2D eigenvalue weighted by Gasteiger charge is 2.25. The average molecular weight is 293 g/mol. The lowest BCUT2D eigenvalue weighted by atomic mass is 10.1. The molecule has 1 amide bonds. The van der Waals surface area contributed by atoms with Crippen molar-refractivity contribution in [1.29, 1.82) is 0 Å². The summed E-state index contributed by atoms with van der Waals surface area (Å²) in [4.78, 5) is 25.8. The number of aliphatic hydroxyl groups excluding tert-OH is 1. The molecule has 2 rings (SSSR count). The molecular weight excluding hydrogens is 274 g/mol. The number of benzene rings is 1. The van der Waals surface area contributed by atoms with Crippen molar-refractivity contribution in [3.05, 3.63) is 33.9 Å². The summed E-state index contributed by atoms with van der Waals surface area (Å²) < 4.78 is 0. The molecule has 1 atom stereocenters. The monoisotopic (exact) mass is 293 g/mol. The molecule has 0 bridgehead atoms. The van der Waals surface area contributed by atoms with Gasteiger partial charge in [0, 0.05) is 39.2 Å². The second-order valence-corrected chi connectivity index (χ2v) is 5.17. The van der Waals surface area contributed by atoms with Gasteiger partial charge in [0.1, 0.15) is 5.69 Å². The smallest absolute Gasteiger partial charge is 0.292 e. The normalized spacial score (nSPS) is 16.7. The van der Waals surface area contributed by atoms with Gasteiger partial charge in [-0.25, -0.2) is 0 Å². The van der Waals surface area contributed by atoms with E-state index in [-0.39, 0.29) is 11.6 Å². The van der Waals surface area contributed by atoms with E-state index >= 15 is 0 Å². The van der Waals surface area contributed by atoms with Gasteiger partial charge in [-0.2, -0.15) is 0 Å². The molecule has 0 unspecified atom stereocenters. The molecule has 1 aliphatic heterocycles. The zero-order valence-corrected chi connectivity index (χ0v) is 12.2. The Kier molecular flexibility index (Phi) is 4.42. The quantitative estimate of drug-likeness (QED) is 0.671. The maximum atomic E-state index is 11.3. The highest BCUT2D eigenvalue weighted by Crippen LogP contribution is 2.31. The summed E-state index contributed by atoms with van der Waals surface area (Å²) in [7, 11) is 0. The van der Waals surface area contributed by atoms with E-state index in [0.717, 1.165) is 0 Å². The van der Waals surface area contributed by atoms with Gasteiger partial charge in [-0.05, 0) is 18.6 Å². The zero-order valence-electron chi connectivity index (χ0n) is 12.2. The van der Waals surface area contributed by atoms with Crippen molar-refractivity contribution in [2.45, 2.75) is 20.0 Å². The molecular formula is C14H19N3O4. The van der Waals surface area contributed by atoms with Crippen LogP contribution in [0.15, 0.2) is 18.2 Å². The van der Waals surface area contributed by atoms with Crippen LogP contribution in [0.4, 0.5) is 11.4 Å². The Morgan fingerprint density at radius 3 is 2.43 bits per heavy atom. The van der Waals surface area contributed by atoms with Crippen molar-refractivity contribution in [3.8, 4) is 0 Å². The minimum atomic E-state index is -0.743. The van der Waals surface area contributed by atoms with Crippen LogP contribution in [0, 0.1) is 10.1 Å². The Labute approximate surface area is 122 Å². The van der Waals surface area contributed by atoms with Crippen LogP contribution in [0.2, 0.25) is 0 Å². The number of carbonyl (C=O) groups is 1. The molecule has 1 N–H and O–H groups in total. The number of hydrogen-bond acceptors (Lipinski definition) is 5. The molecule has 1 aromatic carbocycles. The summed E-state index contributed by atoms with van der Waals surface area (Å²) in [5, 5.41) is 20.8. The van der Waals surface area contributed by atoms with Crippen molar-refractivity contribution >= 4 is 17.3 Å². The van der Waals surface area contributed by atoms with E-state index < -0.39 is 11.0 Å². The first-order valence-corrected chi connectivity index (χ1v) is 6.87. The van der Waals surface area contributed by atoms with Crippen LogP contribution < -0.4 is 4.90 Å². The van der Waals surface area contributed by atoms with Crippen molar-refractivity contribution < 1.29 is 14.8 Å². The summed E-state index contributed by atoms with van der Waals surface area (Å²) in [5.74, 6) is 0.0219. The summed E-state index contributed by atoms with van der Waals surface area (Å²) in [6, 6.07) is 4.78. The van der Waals surface area contributed by atoms with E-state index in [1.807, 2.05) is 4.90 Å². The Morgan fingerprint density at radius 2 is 1.95 bits per heavy atom. The summed E-state index contributed by atoms with van der Waals surface area (Å²) in [6.45, 7) is 5.35. The van der Waals surface area contributed by atoms with Crippen molar-refractivity contribution in [2.75, 3.05) is 31.1 Å². The first-order chi connectivity index (χ1) is 9.90. The molecule has 1 saturated heterocycles. The predicted molar refractivity (Wildman–Crippen MR) is 78.2 cm³/mol. The van der Waals surface area contributed by atoms with E-state index in [9.17, 15) is 20.0 Å². The summed E-state index contributed by atoms with van der Waals surface area (Å²) in [6.07, 6.45) is -0.743. The van der Waals surface area contributed by atoms with Crippen molar-refractivity contribution in [3.63, 3.8) is 0 Å². The van der Waals surface area contributed by atoms with Crippen LogP contribution in [-0.2, 0) is 4.79 Å². The maximum Gasteiger partial charge on any atom is 0.292 e. The van der Waals surface area contributed by atoms with Crippen LogP contribution in [0.5, 0.6) is 0 Å². The Bertz CT molecular complexity index is 551. The lowest BCUT2D eigenvalue weighted by Gasteiger charge is -2.35. The second-order valence-electron chi connectivity index (χ2n) is 5.17. The minimum Gasteiger partial charge on any atom is -0.389 e. The van der Waals surface area contributed by atoms with Crippen molar-refractivity contribution in [2.24, 2.45) is 0 Å². The molecule has 7 heteroatoms. The Balaban J connectivity index is 2.24. The highest BCUT2D eigenvalue weighted by atomic mass is 16.6. The Morgan fingerprint density at radius 1 is 1.33 bits per heavy atom. The number of rotatable bonds is 3. The van der Waals surface area contributed by atoms with Crippen LogP contribution in [0.1, 0.15) is 25.5 Å². The van der Waals surface area contributed by atoms with E-state index in [2.05, 4.69) is 0 Å². The van der Waals surface area contributed by atoms with Crippen LogP contribution in [-0.4, -0.2) is 47.0 Å². The van der Waals surface area contributed by atoms with Gasteiger partial charge in [-0.1, -0.05) is 6.07 Å². The standard InChI is InChI=1S/C14H19N3O4/c1-10(18)12-3-4-13(14(9-12)17(20)21)16-7-5-15(6-8-16)11(2)19/h3-4,9-10,18H,5-8H2,1-2H3/t10-/m1/s1. The molecule has 7 nitrogen and oxygen atoms in total. The number of hydrogen-bond donors (Lipinski definition) is 1. The van der Waals surface area contributed by atoms with Gasteiger partial charge in [-0.3, -0.25) is 14.9 Å². The number of nitro groups is 1. The van der Waals surface area contributed by atoms with Crippen LogP contribution >= 0.6 is 0 Å². The molecule has 114 valence electrons. The fourth-order valence-electron chi connectivity index (χ4n) is 2.48. The van der Waals surface area contributed by atoms with E-state index in [0.29, 0.717) is 37.4 Å². The molecule has 1 heterocycles. The molecule has 1 aromatic rings. The first-order valence-electron chi connectivity index (χ1n) is 6.87. The lowest BCUT2D eigenvalue weighted by molar-refractivity contribution is -0.384. The Hall–Kier alpha value is -2.15. The van der Waals surface area contributed by atoms with E-state index in [4.69, 9.17) is 0 Å². The second kappa shape index (κ2) is 6.09. The first kappa shape index (κ1) is 15.2. The predicted octanol–water partition coefficient (Wildman–Crippen LogP) is 1.32. The zero-order chi connectivity index (χ0) is 15.6.